The molecule has 1 saturated carbocycles. The van der Waals surface area contributed by atoms with Crippen LogP contribution in [0.15, 0.2) is 60.7 Å². The third-order valence-electron chi connectivity index (χ3n) is 20.1. The molecule has 13 nitrogen and oxygen atoms in total. The quantitative estimate of drug-likeness (QED) is 0.0501. The van der Waals surface area contributed by atoms with Gasteiger partial charge in [0, 0.05) is 38.1 Å². The molecule has 6 rings (SSSR count). The second kappa shape index (κ2) is 31.0. The van der Waals surface area contributed by atoms with E-state index in [2.05, 4.69) is 60.7 Å². The summed E-state index contributed by atoms with van der Waals surface area (Å²) in [6, 6.07) is 20.9. The average Bonchev–Trinajstić information content (AvgIpc) is 2.39. The molecule has 474 valence electrons. The first-order chi connectivity index (χ1) is 39.2. The Morgan fingerprint density at radius 1 is 0.771 bits per heavy atom. The fourth-order valence-corrected chi connectivity index (χ4v) is 21.0. The van der Waals surface area contributed by atoms with E-state index in [1.807, 2.05) is 58.5 Å². The van der Waals surface area contributed by atoms with E-state index < -0.39 is 96.7 Å². The number of aliphatic hydroxyl groups is 4. The molecule has 4 aliphatic rings. The van der Waals surface area contributed by atoms with Gasteiger partial charge >= 0.3 is 207 Å². The average molecular weight is 1190 g/mol. The number of ether oxygens (including phenoxy) is 5. The first kappa shape index (κ1) is 69.4. The Bertz CT molecular complexity index is 2210. The second-order valence-electron chi connectivity index (χ2n) is 27.3. The number of methoxy groups -OCH3 is 1. The van der Waals surface area contributed by atoms with Gasteiger partial charge in [-0.25, -0.2) is 0 Å². The topological polar surface area (TPSA) is 168 Å². The van der Waals surface area contributed by atoms with Crippen LogP contribution < -0.4 is 10.6 Å². The first-order valence-corrected chi connectivity index (χ1v) is 34.4. The third kappa shape index (κ3) is 18.2. The van der Waals surface area contributed by atoms with Crippen LogP contribution in [0, 0.1) is 17.8 Å². The van der Waals surface area contributed by atoms with E-state index >= 15 is 0 Å². The van der Waals surface area contributed by atoms with Crippen LogP contribution in [0.2, 0.25) is 0 Å². The Hall–Kier alpha value is -2.69. The molecule has 0 spiro atoms. The number of nitrogens with zero attached hydrogens (tertiary/aromatic N) is 2. The summed E-state index contributed by atoms with van der Waals surface area (Å²) in [5.74, 6) is -4.92. The van der Waals surface area contributed by atoms with Crippen molar-refractivity contribution in [3.8, 4) is 0 Å². The molecule has 16 heteroatoms. The zero-order valence-electron chi connectivity index (χ0n) is 52.9. The molecule has 0 aromatic heterocycles. The predicted octanol–water partition coefficient (Wildman–Crippen LogP) is 11.1. The largest absolute Gasteiger partial charge is 0.386 e. The van der Waals surface area contributed by atoms with Crippen molar-refractivity contribution in [3.63, 3.8) is 0 Å². The third-order valence-corrected chi connectivity index (χ3v) is 26.0. The Labute approximate surface area is 499 Å². The summed E-state index contributed by atoms with van der Waals surface area (Å²) in [6.07, 6.45) is 7.99. The second-order valence-corrected chi connectivity index (χ2v) is 31.7. The van der Waals surface area contributed by atoms with Crippen LogP contribution in [0.1, 0.15) is 197 Å². The number of carbonyl (C=O) groups excluding carboxylic acids is 2. The van der Waals surface area contributed by atoms with Gasteiger partial charge < -0.3 is 53.9 Å². The molecule has 4 N–H and O–H groups in total. The van der Waals surface area contributed by atoms with E-state index in [1.165, 1.54) is 10.6 Å². The molecule has 2 aromatic carbocycles. The van der Waals surface area contributed by atoms with Crippen molar-refractivity contribution in [3.05, 3.63) is 60.7 Å². The number of carbonyl (C=O) groups is 2. The number of likely N-dealkylation sites (N-methyl/N-ethyl adjacent to an activating group) is 1. The van der Waals surface area contributed by atoms with E-state index in [1.54, 1.807) is 34.8 Å². The van der Waals surface area contributed by atoms with Crippen molar-refractivity contribution in [2.75, 3.05) is 33.9 Å². The Balaban J connectivity index is 1.09. The molecule has 2 aromatic rings. The predicted molar refractivity (Wildman–Crippen MR) is 329 cm³/mol. The van der Waals surface area contributed by atoms with Crippen LogP contribution in [0.25, 0.3) is 0 Å². The SMILES string of the molecule is CC[C@H]1OC(=O)[C@H](C)[C@@H](C2C[C@@](C)(OC)[C@@H](O)[C@H](C)O2)C[C@@H](O[C@@H]2O[C@H](C)C[C@H](N(C)C)[C@H]2O)[C@](C)(O)C[C@@H](C)CN(C(=O)CCCCCCCCCCCC[PH](c2ccccc2)(c2ccccc2)C2CCC(F)(F)CC2)[C@H](C)C[C@]1(C)O. The molecule has 0 bridgehead atoms. The van der Waals surface area contributed by atoms with Gasteiger partial charge in [0.15, 0.2) is 6.29 Å². The molecular formula is C67H111F2N2O11P. The molecule has 83 heavy (non-hydrogen) atoms. The van der Waals surface area contributed by atoms with Crippen molar-refractivity contribution in [1.29, 1.82) is 0 Å². The molecule has 4 fully saturated rings. The van der Waals surface area contributed by atoms with Gasteiger partial charge in [-0.1, -0.05) is 20.8 Å². The summed E-state index contributed by atoms with van der Waals surface area (Å²) < 4.78 is 61.1. The van der Waals surface area contributed by atoms with E-state index in [9.17, 15) is 38.8 Å². The van der Waals surface area contributed by atoms with E-state index in [0.717, 1.165) is 70.4 Å². The number of cyclic esters (lactones) is 1. The molecule has 1 unspecified atom stereocenters. The molecule has 3 saturated heterocycles. The molecule has 0 radical (unpaired) electrons. The fraction of sp³-hybridized carbons (Fsp3) is 0.791. The maximum Gasteiger partial charge on any atom is 0.101 e. The first-order valence-electron chi connectivity index (χ1n) is 32.2. The molecule has 3 aliphatic heterocycles. The van der Waals surface area contributed by atoms with E-state index in [-0.39, 0.29) is 62.5 Å². The van der Waals surface area contributed by atoms with E-state index in [0.29, 0.717) is 44.3 Å². The van der Waals surface area contributed by atoms with Crippen LogP contribution in [0.5, 0.6) is 0 Å². The number of aliphatic hydroxyl groups excluding tert-OH is 2. The number of rotatable bonds is 22. The molecule has 3 heterocycles. The summed E-state index contributed by atoms with van der Waals surface area (Å²) in [4.78, 5) is 33.0. The summed E-state index contributed by atoms with van der Waals surface area (Å²) in [5, 5.41) is 51.0. The van der Waals surface area contributed by atoms with Crippen LogP contribution in [0.3, 0.4) is 0 Å². The summed E-state index contributed by atoms with van der Waals surface area (Å²) in [6.45, 7) is 16.8. The number of amides is 1. The summed E-state index contributed by atoms with van der Waals surface area (Å²) in [7, 11) is 3.02. The minimum absolute atomic E-state index is 0.0160. The number of hydrogen-bond acceptors (Lipinski definition) is 12. The van der Waals surface area contributed by atoms with E-state index in [4.69, 9.17) is 23.7 Å². The van der Waals surface area contributed by atoms with Crippen LogP contribution in [-0.2, 0) is 33.3 Å². The standard InChI is InChI=1S/C67H111F2N2O11P/c1-13-57-65(8,77)43-47(3)71(59(72)34-28-20-18-16-14-15-17-19-21-29-39-83(51-30-24-22-25-31-51,52-32-26-23-27-33-52)53-35-37-67(68,69)38-36-53)45-46(2)42-64(7,76)58(82-63-60(73)55(70(10)11)40-48(4)79-63)41-54(49(5)62(75)81-57)56-44-66(9,78-12)61(74)50(6)80-56/h22-27,30-33,46-50,53-58,60-61,63,73-74,76-77,83H,13-21,28-29,34-45H2,1-12H3/t46-,47-,48-,49-,50+,54+,55+,56?,57-,58-,60-,61+,63+,64-,65+,66-/m1/s1. The molecule has 1 aliphatic carbocycles. The minimum Gasteiger partial charge on any atom is -0.386 e. The summed E-state index contributed by atoms with van der Waals surface area (Å²) in [5.41, 5.74) is -3.82. The molecular weight excluding hydrogens is 1080 g/mol. The maximum atomic E-state index is 14.6. The van der Waals surface area contributed by atoms with Gasteiger partial charge in [-0.2, -0.15) is 0 Å². The fourth-order valence-electron chi connectivity index (χ4n) is 15.1. The summed E-state index contributed by atoms with van der Waals surface area (Å²) >= 11 is 0. The van der Waals surface area contributed by atoms with Gasteiger partial charge in [0.05, 0.1) is 41.5 Å². The zero-order valence-corrected chi connectivity index (χ0v) is 53.9. The smallest absolute Gasteiger partial charge is 0.101 e. The number of benzene rings is 2. The zero-order chi connectivity index (χ0) is 60.9. The van der Waals surface area contributed by atoms with Crippen molar-refractivity contribution in [2.45, 2.75) is 287 Å². The number of esters is 1. The monoisotopic (exact) mass is 1190 g/mol. The van der Waals surface area contributed by atoms with Crippen molar-refractivity contribution < 1.29 is 62.5 Å². The van der Waals surface area contributed by atoms with Crippen molar-refractivity contribution >= 4 is 29.7 Å². The van der Waals surface area contributed by atoms with Gasteiger partial charge in [-0.3, -0.25) is 9.59 Å². The maximum absolute atomic E-state index is 14.6. The Morgan fingerprint density at radius 2 is 1.33 bits per heavy atom. The van der Waals surface area contributed by atoms with Crippen LogP contribution >= 0.6 is 7.26 Å². The van der Waals surface area contributed by atoms with Gasteiger partial charge in [-0.15, -0.1) is 0 Å². The number of halogens is 2. The number of hydrogen-bond donors (Lipinski definition) is 4. The molecule has 16 atom stereocenters. The normalized spacial score (nSPS) is 35.8. The Kier molecular flexibility index (Phi) is 25.9. The van der Waals surface area contributed by atoms with Gasteiger partial charge in [0.1, 0.15) is 23.9 Å². The van der Waals surface area contributed by atoms with Crippen LogP contribution in [-0.4, -0.2) is 166 Å². The Morgan fingerprint density at radius 3 is 1.87 bits per heavy atom. The number of unbranched alkanes of at least 4 members (excludes halogenated alkanes) is 9. The number of alkyl halides is 2. The van der Waals surface area contributed by atoms with Gasteiger partial charge in [-0.05, 0) is 93.7 Å². The van der Waals surface area contributed by atoms with Gasteiger partial charge in [0.25, 0.3) is 0 Å². The minimum atomic E-state index is -2.56. The van der Waals surface area contributed by atoms with Gasteiger partial charge in [0.2, 0.25) is 5.91 Å². The van der Waals surface area contributed by atoms with Crippen molar-refractivity contribution in [2.24, 2.45) is 17.8 Å². The molecule has 1 amide bonds. The van der Waals surface area contributed by atoms with Crippen LogP contribution in [0.4, 0.5) is 8.78 Å². The van der Waals surface area contributed by atoms with Crippen molar-refractivity contribution in [1.82, 2.24) is 9.80 Å².